The highest BCUT2D eigenvalue weighted by molar-refractivity contribution is 5.73. The van der Waals surface area contributed by atoms with Crippen molar-refractivity contribution in [3.05, 3.63) is 29.8 Å². The second-order valence-electron chi connectivity index (χ2n) is 4.19. The van der Waals surface area contributed by atoms with Gasteiger partial charge in [0.05, 0.1) is 12.5 Å². The van der Waals surface area contributed by atoms with Crippen LogP contribution in [0.1, 0.15) is 18.4 Å². The zero-order valence-corrected chi connectivity index (χ0v) is 9.30. The molecular weight excluding hydrogens is 218 g/mol. The van der Waals surface area contributed by atoms with Gasteiger partial charge in [0.25, 0.3) is 0 Å². The molecule has 1 aliphatic rings. The van der Waals surface area contributed by atoms with Crippen molar-refractivity contribution >= 4 is 5.97 Å². The zero-order chi connectivity index (χ0) is 12.3. The van der Waals surface area contributed by atoms with E-state index in [-0.39, 0.29) is 5.92 Å². The van der Waals surface area contributed by atoms with E-state index in [2.05, 4.69) is 6.07 Å². The molecule has 1 fully saturated rings. The number of nitriles is 1. The van der Waals surface area contributed by atoms with E-state index in [1.165, 1.54) is 0 Å². The quantitative estimate of drug-likeness (QED) is 0.841. The topological polar surface area (TPSA) is 70.3 Å². The molecular formula is C13H13NO3. The molecule has 0 aliphatic heterocycles. The lowest BCUT2D eigenvalue weighted by atomic mass is 10.1. The van der Waals surface area contributed by atoms with Crippen molar-refractivity contribution in [3.8, 4) is 11.8 Å². The van der Waals surface area contributed by atoms with Gasteiger partial charge in [0.15, 0.2) is 6.10 Å². The van der Waals surface area contributed by atoms with Crippen molar-refractivity contribution in [3.63, 3.8) is 0 Å². The minimum atomic E-state index is -0.909. The van der Waals surface area contributed by atoms with Gasteiger partial charge in [0.1, 0.15) is 5.75 Å². The van der Waals surface area contributed by atoms with E-state index >= 15 is 0 Å². The van der Waals surface area contributed by atoms with Crippen molar-refractivity contribution in [2.75, 3.05) is 0 Å². The summed E-state index contributed by atoms with van der Waals surface area (Å²) in [6, 6.07) is 9.05. The number of carboxylic acid groups (broad SMARTS) is 1. The van der Waals surface area contributed by atoms with Crippen LogP contribution in [0.3, 0.4) is 0 Å². The first-order chi connectivity index (χ1) is 8.20. The molecule has 4 heteroatoms. The van der Waals surface area contributed by atoms with Gasteiger partial charge >= 0.3 is 5.97 Å². The van der Waals surface area contributed by atoms with Crippen LogP contribution in [-0.4, -0.2) is 17.2 Å². The number of hydrogen-bond donors (Lipinski definition) is 1. The summed E-state index contributed by atoms with van der Waals surface area (Å²) in [5, 5.41) is 17.5. The van der Waals surface area contributed by atoms with Gasteiger partial charge in [-0.3, -0.25) is 0 Å². The van der Waals surface area contributed by atoms with E-state index in [1.54, 1.807) is 24.3 Å². The molecule has 0 radical (unpaired) electrons. The van der Waals surface area contributed by atoms with E-state index < -0.39 is 12.1 Å². The normalized spacial score (nSPS) is 15.9. The van der Waals surface area contributed by atoms with Crippen LogP contribution in [0.5, 0.6) is 5.75 Å². The minimum absolute atomic E-state index is 0.145. The van der Waals surface area contributed by atoms with Crippen molar-refractivity contribution in [1.82, 2.24) is 0 Å². The number of carbonyl (C=O) groups is 1. The average Bonchev–Trinajstić information content (AvgIpc) is 3.12. The number of benzene rings is 1. The van der Waals surface area contributed by atoms with Gasteiger partial charge in [-0.15, -0.1) is 0 Å². The Kier molecular flexibility index (Phi) is 3.29. The highest BCUT2D eigenvalue weighted by atomic mass is 16.5. The lowest BCUT2D eigenvalue weighted by molar-refractivity contribution is -0.146. The zero-order valence-electron chi connectivity index (χ0n) is 9.30. The standard InChI is InChI=1S/C13H13NO3/c14-8-7-9-1-5-11(6-2-9)17-12(13(15)16)10-3-4-10/h1-2,5-6,10,12H,3-4,7H2,(H,15,16). The van der Waals surface area contributed by atoms with E-state index in [0.29, 0.717) is 12.2 Å². The van der Waals surface area contributed by atoms with Crippen LogP contribution in [0.4, 0.5) is 0 Å². The maximum Gasteiger partial charge on any atom is 0.345 e. The molecule has 1 aliphatic carbocycles. The van der Waals surface area contributed by atoms with Crippen LogP contribution < -0.4 is 4.74 Å². The maximum atomic E-state index is 11.0. The Balaban J connectivity index is 2.02. The van der Waals surface area contributed by atoms with Crippen LogP contribution in [0.25, 0.3) is 0 Å². The molecule has 1 atom stereocenters. The van der Waals surface area contributed by atoms with Crippen molar-refractivity contribution < 1.29 is 14.6 Å². The molecule has 0 heterocycles. The minimum Gasteiger partial charge on any atom is -0.478 e. The number of hydrogen-bond acceptors (Lipinski definition) is 3. The first kappa shape index (κ1) is 11.5. The Morgan fingerprint density at radius 2 is 2.12 bits per heavy atom. The summed E-state index contributed by atoms with van der Waals surface area (Å²) in [5.74, 6) is -0.217. The Labute approximate surface area is 99.4 Å². The first-order valence-corrected chi connectivity index (χ1v) is 5.56. The summed E-state index contributed by atoms with van der Waals surface area (Å²) in [6.07, 6.45) is 1.45. The Bertz CT molecular complexity index is 443. The molecule has 1 saturated carbocycles. The summed E-state index contributed by atoms with van der Waals surface area (Å²) >= 11 is 0. The largest absolute Gasteiger partial charge is 0.478 e. The van der Waals surface area contributed by atoms with Crippen molar-refractivity contribution in [2.24, 2.45) is 5.92 Å². The molecule has 0 amide bonds. The van der Waals surface area contributed by atoms with Gasteiger partial charge in [0, 0.05) is 5.92 Å². The van der Waals surface area contributed by atoms with E-state index in [0.717, 1.165) is 18.4 Å². The van der Waals surface area contributed by atoms with Crippen LogP contribution in [0.15, 0.2) is 24.3 Å². The van der Waals surface area contributed by atoms with Crippen molar-refractivity contribution in [2.45, 2.75) is 25.4 Å². The Morgan fingerprint density at radius 1 is 1.47 bits per heavy atom. The molecule has 0 aromatic heterocycles. The number of aliphatic carboxylic acids is 1. The molecule has 1 N–H and O–H groups in total. The summed E-state index contributed by atoms with van der Waals surface area (Å²) in [6.45, 7) is 0. The van der Waals surface area contributed by atoms with Gasteiger partial charge in [-0.25, -0.2) is 4.79 Å². The summed E-state index contributed by atoms with van der Waals surface area (Å²) in [4.78, 5) is 11.0. The first-order valence-electron chi connectivity index (χ1n) is 5.56. The lowest BCUT2D eigenvalue weighted by Crippen LogP contribution is -2.29. The Hall–Kier alpha value is -2.02. The number of carboxylic acids is 1. The third-order valence-electron chi connectivity index (χ3n) is 2.76. The molecule has 17 heavy (non-hydrogen) atoms. The molecule has 0 bridgehead atoms. The molecule has 2 rings (SSSR count). The van der Waals surface area contributed by atoms with E-state index in [9.17, 15) is 4.79 Å². The molecule has 4 nitrogen and oxygen atoms in total. The van der Waals surface area contributed by atoms with Gasteiger partial charge in [-0.2, -0.15) is 5.26 Å². The van der Waals surface area contributed by atoms with Gasteiger partial charge in [-0.05, 0) is 30.5 Å². The Morgan fingerprint density at radius 3 is 2.59 bits per heavy atom. The lowest BCUT2D eigenvalue weighted by Gasteiger charge is -2.14. The predicted octanol–water partition coefficient (Wildman–Crippen LogP) is 1.99. The van der Waals surface area contributed by atoms with Crippen LogP contribution >= 0.6 is 0 Å². The number of rotatable bonds is 5. The molecule has 1 unspecified atom stereocenters. The fourth-order valence-electron chi connectivity index (χ4n) is 1.67. The van der Waals surface area contributed by atoms with E-state index in [4.69, 9.17) is 15.1 Å². The molecule has 1 aromatic carbocycles. The molecule has 1 aromatic rings. The number of ether oxygens (including phenoxy) is 1. The summed E-state index contributed by atoms with van der Waals surface area (Å²) < 4.78 is 5.45. The third kappa shape index (κ3) is 2.97. The maximum absolute atomic E-state index is 11.0. The highest BCUT2D eigenvalue weighted by Crippen LogP contribution is 2.35. The van der Waals surface area contributed by atoms with Gasteiger partial charge < -0.3 is 9.84 Å². The van der Waals surface area contributed by atoms with Gasteiger partial charge in [-0.1, -0.05) is 12.1 Å². The second-order valence-corrected chi connectivity index (χ2v) is 4.19. The SMILES string of the molecule is N#CCc1ccc(OC(C(=O)O)C2CC2)cc1. The number of nitrogens with zero attached hydrogens (tertiary/aromatic N) is 1. The van der Waals surface area contributed by atoms with Gasteiger partial charge in [0.2, 0.25) is 0 Å². The smallest absolute Gasteiger partial charge is 0.345 e. The van der Waals surface area contributed by atoms with Crippen LogP contribution in [-0.2, 0) is 11.2 Å². The van der Waals surface area contributed by atoms with Crippen LogP contribution in [0, 0.1) is 17.2 Å². The third-order valence-corrected chi connectivity index (χ3v) is 2.76. The fourth-order valence-corrected chi connectivity index (χ4v) is 1.67. The summed E-state index contributed by atoms with van der Waals surface area (Å²) in [5.41, 5.74) is 0.901. The van der Waals surface area contributed by atoms with Crippen molar-refractivity contribution in [1.29, 1.82) is 5.26 Å². The van der Waals surface area contributed by atoms with E-state index in [1.807, 2.05) is 0 Å². The summed E-state index contributed by atoms with van der Waals surface area (Å²) in [7, 11) is 0. The van der Waals surface area contributed by atoms with Crippen LogP contribution in [0.2, 0.25) is 0 Å². The highest BCUT2D eigenvalue weighted by Gasteiger charge is 2.38. The predicted molar refractivity (Wildman–Crippen MR) is 60.5 cm³/mol. The molecule has 0 saturated heterocycles. The average molecular weight is 231 g/mol. The molecule has 88 valence electrons. The second kappa shape index (κ2) is 4.88. The monoisotopic (exact) mass is 231 g/mol. The molecule has 0 spiro atoms. The fraction of sp³-hybridized carbons (Fsp3) is 0.385.